The van der Waals surface area contributed by atoms with Crippen molar-refractivity contribution in [1.29, 1.82) is 0 Å². The smallest absolute Gasteiger partial charge is 0.249 e. The molecule has 0 unspecified atom stereocenters. The molecule has 0 spiro atoms. The zero-order chi connectivity index (χ0) is 21.1. The van der Waals surface area contributed by atoms with Gasteiger partial charge in [0, 0.05) is 17.5 Å². The van der Waals surface area contributed by atoms with Crippen LogP contribution in [0.3, 0.4) is 0 Å². The fraction of sp³-hybridized carbons (Fsp3) is 0.125. The van der Waals surface area contributed by atoms with Crippen LogP contribution in [0.2, 0.25) is 0 Å². The van der Waals surface area contributed by atoms with Crippen LogP contribution in [0.5, 0.6) is 5.75 Å². The number of carbonyl (C=O) groups excluding carboxylic acids is 1. The minimum Gasteiger partial charge on any atom is -0.497 e. The number of anilines is 1. The number of rotatable bonds is 5. The van der Waals surface area contributed by atoms with Crippen LogP contribution in [-0.2, 0) is 4.79 Å². The van der Waals surface area contributed by atoms with Crippen LogP contribution in [-0.4, -0.2) is 27.8 Å². The van der Waals surface area contributed by atoms with Crippen molar-refractivity contribution in [2.24, 2.45) is 0 Å². The number of carbonyl (C=O) groups is 1. The van der Waals surface area contributed by atoms with Crippen LogP contribution in [0.15, 0.2) is 66.7 Å². The highest BCUT2D eigenvalue weighted by Gasteiger charge is 2.12. The van der Waals surface area contributed by atoms with E-state index in [1.54, 1.807) is 17.9 Å². The van der Waals surface area contributed by atoms with Crippen molar-refractivity contribution in [3.05, 3.63) is 83.6 Å². The highest BCUT2D eigenvalue weighted by molar-refractivity contribution is 6.01. The van der Waals surface area contributed by atoms with Gasteiger partial charge < -0.3 is 10.1 Å². The molecule has 0 fully saturated rings. The van der Waals surface area contributed by atoms with Gasteiger partial charge in [0.2, 0.25) is 5.91 Å². The minimum absolute atomic E-state index is 0.246. The topological polar surface area (TPSA) is 69.0 Å². The highest BCUT2D eigenvalue weighted by atomic mass is 16.5. The lowest BCUT2D eigenvalue weighted by Gasteiger charge is -2.10. The quantitative estimate of drug-likeness (QED) is 0.495. The maximum atomic E-state index is 12.5. The molecule has 1 N–H and O–H groups in total. The van der Waals surface area contributed by atoms with Gasteiger partial charge in [0.1, 0.15) is 11.6 Å². The van der Waals surface area contributed by atoms with Crippen molar-refractivity contribution in [3.63, 3.8) is 0 Å². The molecule has 150 valence electrons. The number of hydrogen-bond acceptors (Lipinski definition) is 4. The number of pyridine rings is 1. The molecule has 4 rings (SSSR count). The highest BCUT2D eigenvalue weighted by Crippen LogP contribution is 2.22. The molecule has 0 aliphatic heterocycles. The molecular weight excluding hydrogens is 376 g/mol. The first-order chi connectivity index (χ1) is 14.5. The number of methoxy groups -OCH3 is 1. The molecule has 6 heteroatoms. The van der Waals surface area contributed by atoms with Crippen LogP contribution in [0, 0.1) is 13.8 Å². The predicted octanol–water partition coefficient (Wildman–Crippen LogP) is 4.70. The second kappa shape index (κ2) is 8.21. The van der Waals surface area contributed by atoms with Gasteiger partial charge in [-0.3, -0.25) is 4.79 Å². The van der Waals surface area contributed by atoms with Crippen LogP contribution in [0.4, 0.5) is 5.82 Å². The van der Waals surface area contributed by atoms with E-state index in [-0.39, 0.29) is 5.91 Å². The Morgan fingerprint density at radius 1 is 1.07 bits per heavy atom. The first kappa shape index (κ1) is 19.4. The Morgan fingerprint density at radius 3 is 2.60 bits per heavy atom. The molecule has 4 aromatic rings. The molecule has 0 saturated carbocycles. The van der Waals surface area contributed by atoms with Gasteiger partial charge in [-0.05, 0) is 55.3 Å². The van der Waals surface area contributed by atoms with Gasteiger partial charge in [-0.25, -0.2) is 4.98 Å². The number of hydrogen-bond donors (Lipinski definition) is 1. The molecule has 0 bridgehead atoms. The van der Waals surface area contributed by atoms with Crippen molar-refractivity contribution in [1.82, 2.24) is 14.8 Å². The summed E-state index contributed by atoms with van der Waals surface area (Å²) in [7, 11) is 1.62. The molecule has 2 heterocycles. The SMILES string of the molecule is COc1ccc(/C=C/C(=O)Nc2cc(C)nn2-c2cc(C)c3ccccc3n2)cc1. The fourth-order valence-electron chi connectivity index (χ4n) is 3.26. The van der Waals surface area contributed by atoms with Crippen LogP contribution < -0.4 is 10.1 Å². The first-order valence-corrected chi connectivity index (χ1v) is 9.60. The number of amides is 1. The van der Waals surface area contributed by atoms with Crippen molar-refractivity contribution in [2.45, 2.75) is 13.8 Å². The van der Waals surface area contributed by atoms with E-state index in [1.165, 1.54) is 6.08 Å². The summed E-state index contributed by atoms with van der Waals surface area (Å²) in [6.07, 6.45) is 3.24. The standard InChI is InChI=1S/C24H22N4O2/c1-16-14-22(25-21-7-5-4-6-20(16)21)28-23(15-17(2)27-28)26-24(29)13-10-18-8-11-19(30-3)12-9-18/h4-15H,1-3H3,(H,26,29)/b13-10+. The molecule has 2 aromatic heterocycles. The summed E-state index contributed by atoms with van der Waals surface area (Å²) in [5, 5.41) is 8.52. The van der Waals surface area contributed by atoms with Crippen LogP contribution >= 0.6 is 0 Å². The van der Waals surface area contributed by atoms with E-state index in [1.807, 2.05) is 74.5 Å². The Hall–Kier alpha value is -3.93. The number of nitrogens with zero attached hydrogens (tertiary/aromatic N) is 3. The molecule has 30 heavy (non-hydrogen) atoms. The van der Waals surface area contributed by atoms with Gasteiger partial charge in [-0.1, -0.05) is 30.3 Å². The minimum atomic E-state index is -0.246. The zero-order valence-corrected chi connectivity index (χ0v) is 17.1. The Bertz CT molecular complexity index is 1240. The van der Waals surface area contributed by atoms with Gasteiger partial charge in [-0.2, -0.15) is 9.78 Å². The Balaban J connectivity index is 1.59. The number of fused-ring (bicyclic) bond motifs is 1. The van der Waals surface area contributed by atoms with E-state index >= 15 is 0 Å². The van der Waals surface area contributed by atoms with E-state index < -0.39 is 0 Å². The molecule has 0 saturated heterocycles. The van der Waals surface area contributed by atoms with Crippen molar-refractivity contribution in [2.75, 3.05) is 12.4 Å². The second-order valence-corrected chi connectivity index (χ2v) is 6.99. The number of aryl methyl sites for hydroxylation is 2. The average Bonchev–Trinajstić information content (AvgIpc) is 3.12. The summed E-state index contributed by atoms with van der Waals surface area (Å²) in [6, 6.07) is 19.2. The third-order valence-electron chi connectivity index (χ3n) is 4.75. The van der Waals surface area contributed by atoms with E-state index in [9.17, 15) is 4.79 Å². The van der Waals surface area contributed by atoms with E-state index in [0.717, 1.165) is 33.5 Å². The lowest BCUT2D eigenvalue weighted by Crippen LogP contribution is -2.13. The normalized spacial score (nSPS) is 11.2. The third-order valence-corrected chi connectivity index (χ3v) is 4.75. The van der Waals surface area contributed by atoms with Gasteiger partial charge in [0.05, 0.1) is 18.3 Å². The monoisotopic (exact) mass is 398 g/mol. The van der Waals surface area contributed by atoms with Gasteiger partial charge in [-0.15, -0.1) is 0 Å². The lowest BCUT2D eigenvalue weighted by molar-refractivity contribution is -0.111. The number of aromatic nitrogens is 3. The fourth-order valence-corrected chi connectivity index (χ4v) is 3.26. The summed E-state index contributed by atoms with van der Waals surface area (Å²) >= 11 is 0. The maximum Gasteiger partial charge on any atom is 0.249 e. The molecule has 1 amide bonds. The maximum absolute atomic E-state index is 12.5. The molecule has 0 atom stereocenters. The van der Waals surface area contributed by atoms with Gasteiger partial charge in [0.25, 0.3) is 0 Å². The third kappa shape index (κ3) is 4.07. The molecule has 0 aliphatic carbocycles. The predicted molar refractivity (Wildman–Crippen MR) is 119 cm³/mol. The number of benzene rings is 2. The van der Waals surface area contributed by atoms with Crippen LogP contribution in [0.1, 0.15) is 16.8 Å². The second-order valence-electron chi connectivity index (χ2n) is 6.99. The van der Waals surface area contributed by atoms with E-state index in [4.69, 9.17) is 9.72 Å². The lowest BCUT2D eigenvalue weighted by atomic mass is 10.1. The molecule has 6 nitrogen and oxygen atoms in total. The Labute approximate surface area is 174 Å². The number of nitrogens with one attached hydrogen (secondary N) is 1. The molecular formula is C24H22N4O2. The summed E-state index contributed by atoms with van der Waals surface area (Å²) in [4.78, 5) is 17.2. The average molecular weight is 398 g/mol. The summed E-state index contributed by atoms with van der Waals surface area (Å²) < 4.78 is 6.81. The first-order valence-electron chi connectivity index (χ1n) is 9.60. The van der Waals surface area contributed by atoms with Crippen LogP contribution in [0.25, 0.3) is 22.8 Å². The number of ether oxygens (including phenoxy) is 1. The summed E-state index contributed by atoms with van der Waals surface area (Å²) in [6.45, 7) is 3.92. The van der Waals surface area contributed by atoms with Crippen molar-refractivity contribution in [3.8, 4) is 11.6 Å². The van der Waals surface area contributed by atoms with Gasteiger partial charge >= 0.3 is 0 Å². The summed E-state index contributed by atoms with van der Waals surface area (Å²) in [5.74, 6) is 1.76. The Morgan fingerprint density at radius 2 is 1.83 bits per heavy atom. The van der Waals surface area contributed by atoms with Crippen molar-refractivity contribution >= 4 is 28.7 Å². The van der Waals surface area contributed by atoms with E-state index in [2.05, 4.69) is 10.4 Å². The van der Waals surface area contributed by atoms with E-state index in [0.29, 0.717) is 11.6 Å². The van der Waals surface area contributed by atoms with Gasteiger partial charge in [0.15, 0.2) is 5.82 Å². The number of para-hydroxylation sites is 1. The zero-order valence-electron chi connectivity index (χ0n) is 17.1. The molecule has 2 aromatic carbocycles. The Kier molecular flexibility index (Phi) is 5.30. The summed E-state index contributed by atoms with van der Waals surface area (Å²) in [5.41, 5.74) is 3.68. The molecule has 0 aliphatic rings. The molecule has 0 radical (unpaired) electrons. The largest absolute Gasteiger partial charge is 0.497 e. The van der Waals surface area contributed by atoms with Crippen molar-refractivity contribution < 1.29 is 9.53 Å².